The maximum absolute atomic E-state index is 11.0. The Balaban J connectivity index is 1.90. The molecule has 0 aliphatic heterocycles. The van der Waals surface area contributed by atoms with E-state index in [9.17, 15) is 5.11 Å². The number of anilines is 1. The van der Waals surface area contributed by atoms with Gasteiger partial charge in [0.25, 0.3) is 0 Å². The third-order valence-corrected chi connectivity index (χ3v) is 4.16. The predicted octanol–water partition coefficient (Wildman–Crippen LogP) is 2.25. The molecule has 1 aliphatic carbocycles. The molecule has 1 atom stereocenters. The van der Waals surface area contributed by atoms with Crippen molar-refractivity contribution in [2.24, 2.45) is 0 Å². The molecule has 20 heavy (non-hydrogen) atoms. The Morgan fingerprint density at radius 3 is 3.10 bits per heavy atom. The summed E-state index contributed by atoms with van der Waals surface area (Å²) in [6.07, 6.45) is 7.05. The van der Waals surface area contributed by atoms with Gasteiger partial charge in [-0.25, -0.2) is 4.98 Å². The summed E-state index contributed by atoms with van der Waals surface area (Å²) in [5.74, 6) is 0.957. The van der Waals surface area contributed by atoms with Crippen LogP contribution in [0.4, 0.5) is 5.69 Å². The molecule has 1 aromatic carbocycles. The highest BCUT2D eigenvalue weighted by atomic mass is 16.3. The number of imidazole rings is 1. The minimum Gasteiger partial charge on any atom is -0.399 e. The van der Waals surface area contributed by atoms with Gasteiger partial charge in [-0.3, -0.25) is 0 Å². The first-order chi connectivity index (χ1) is 9.62. The fourth-order valence-corrected chi connectivity index (χ4v) is 3.15. The van der Waals surface area contributed by atoms with Crippen molar-refractivity contribution < 1.29 is 5.11 Å². The molecule has 0 saturated heterocycles. The van der Waals surface area contributed by atoms with E-state index < -0.39 is 5.60 Å². The van der Waals surface area contributed by atoms with Crippen molar-refractivity contribution in [1.29, 1.82) is 0 Å². The number of aliphatic hydroxyl groups is 1. The summed E-state index contributed by atoms with van der Waals surface area (Å²) in [7, 11) is 0. The lowest BCUT2D eigenvalue weighted by Gasteiger charge is -2.24. The molecule has 106 valence electrons. The number of nitrogens with two attached hydrogens (primary N) is 1. The van der Waals surface area contributed by atoms with Gasteiger partial charge in [0, 0.05) is 31.0 Å². The van der Waals surface area contributed by atoms with Gasteiger partial charge in [-0.05, 0) is 42.5 Å². The predicted molar refractivity (Wildman–Crippen MR) is 79.3 cm³/mol. The molecule has 0 saturated carbocycles. The van der Waals surface area contributed by atoms with Crippen molar-refractivity contribution in [3.63, 3.8) is 0 Å². The molecule has 4 nitrogen and oxygen atoms in total. The maximum Gasteiger partial charge on any atom is 0.111 e. The Hall–Kier alpha value is -1.81. The second-order valence-electron chi connectivity index (χ2n) is 5.66. The molecule has 0 spiro atoms. The zero-order valence-corrected chi connectivity index (χ0v) is 11.8. The summed E-state index contributed by atoms with van der Waals surface area (Å²) in [6.45, 7) is 3.09. The van der Waals surface area contributed by atoms with Crippen LogP contribution in [0.25, 0.3) is 0 Å². The van der Waals surface area contributed by atoms with Crippen molar-refractivity contribution >= 4 is 5.69 Å². The van der Waals surface area contributed by atoms with Crippen LogP contribution in [-0.4, -0.2) is 14.7 Å². The molecule has 4 heteroatoms. The summed E-state index contributed by atoms with van der Waals surface area (Å²) in [5, 5.41) is 11.0. The topological polar surface area (TPSA) is 64.1 Å². The zero-order chi connectivity index (χ0) is 14.2. The van der Waals surface area contributed by atoms with Crippen molar-refractivity contribution in [3.05, 3.63) is 47.5 Å². The van der Waals surface area contributed by atoms with E-state index in [0.717, 1.165) is 42.9 Å². The van der Waals surface area contributed by atoms with E-state index in [1.54, 1.807) is 0 Å². The molecular formula is C16H21N3O. The van der Waals surface area contributed by atoms with Gasteiger partial charge in [0.15, 0.2) is 0 Å². The fourth-order valence-electron chi connectivity index (χ4n) is 3.15. The molecular weight excluding hydrogens is 250 g/mol. The lowest BCUT2D eigenvalue weighted by molar-refractivity contribution is 0.0360. The van der Waals surface area contributed by atoms with Crippen LogP contribution >= 0.6 is 0 Å². The van der Waals surface area contributed by atoms with Gasteiger partial charge in [0.2, 0.25) is 0 Å². The lowest BCUT2D eigenvalue weighted by Crippen LogP contribution is -2.27. The lowest BCUT2D eigenvalue weighted by atomic mass is 9.92. The highest BCUT2D eigenvalue weighted by Crippen LogP contribution is 2.39. The highest BCUT2D eigenvalue weighted by molar-refractivity contribution is 5.49. The van der Waals surface area contributed by atoms with E-state index in [-0.39, 0.29) is 0 Å². The van der Waals surface area contributed by atoms with Crippen LogP contribution in [0.5, 0.6) is 0 Å². The number of hydrogen-bond acceptors (Lipinski definition) is 3. The smallest absolute Gasteiger partial charge is 0.111 e. The van der Waals surface area contributed by atoms with Crippen LogP contribution in [0.3, 0.4) is 0 Å². The molecule has 3 N–H and O–H groups in total. The van der Waals surface area contributed by atoms with Crippen molar-refractivity contribution in [3.8, 4) is 0 Å². The Morgan fingerprint density at radius 1 is 1.45 bits per heavy atom. The molecule has 0 bridgehead atoms. The van der Waals surface area contributed by atoms with E-state index in [1.807, 2.05) is 30.6 Å². The van der Waals surface area contributed by atoms with E-state index in [4.69, 9.17) is 5.73 Å². The van der Waals surface area contributed by atoms with Crippen LogP contribution in [0, 0.1) is 0 Å². The number of aromatic nitrogens is 2. The van der Waals surface area contributed by atoms with Gasteiger partial charge < -0.3 is 15.4 Å². The number of fused-ring (bicyclic) bond motifs is 1. The highest BCUT2D eigenvalue weighted by Gasteiger charge is 2.37. The fraction of sp³-hybridized carbons (Fsp3) is 0.438. The summed E-state index contributed by atoms with van der Waals surface area (Å²) < 4.78 is 2.13. The van der Waals surface area contributed by atoms with Crippen molar-refractivity contribution in [2.45, 2.75) is 44.8 Å². The monoisotopic (exact) mass is 271 g/mol. The third-order valence-electron chi connectivity index (χ3n) is 4.16. The molecule has 0 fully saturated rings. The van der Waals surface area contributed by atoms with Crippen LogP contribution in [0.1, 0.15) is 36.7 Å². The average molecular weight is 271 g/mol. The normalized spacial score (nSPS) is 21.1. The van der Waals surface area contributed by atoms with E-state index in [0.29, 0.717) is 6.42 Å². The zero-order valence-electron chi connectivity index (χ0n) is 11.8. The average Bonchev–Trinajstić information content (AvgIpc) is 2.96. The van der Waals surface area contributed by atoms with Gasteiger partial charge in [-0.15, -0.1) is 0 Å². The molecule has 1 aromatic heterocycles. The summed E-state index contributed by atoms with van der Waals surface area (Å²) >= 11 is 0. The van der Waals surface area contributed by atoms with E-state index in [2.05, 4.69) is 16.5 Å². The van der Waals surface area contributed by atoms with E-state index in [1.165, 1.54) is 5.56 Å². The van der Waals surface area contributed by atoms with E-state index >= 15 is 0 Å². The van der Waals surface area contributed by atoms with Gasteiger partial charge >= 0.3 is 0 Å². The van der Waals surface area contributed by atoms with Crippen LogP contribution < -0.4 is 5.73 Å². The summed E-state index contributed by atoms with van der Waals surface area (Å²) in [6, 6.07) is 5.81. The van der Waals surface area contributed by atoms with Crippen molar-refractivity contribution in [1.82, 2.24) is 9.55 Å². The number of nitrogens with zero attached hydrogens (tertiary/aromatic N) is 2. The Labute approximate surface area is 119 Å². The first-order valence-corrected chi connectivity index (χ1v) is 7.23. The number of benzene rings is 1. The largest absolute Gasteiger partial charge is 0.399 e. The first kappa shape index (κ1) is 13.2. The van der Waals surface area contributed by atoms with Gasteiger partial charge in [-0.1, -0.05) is 13.0 Å². The minimum absolute atomic E-state index is 0.566. The summed E-state index contributed by atoms with van der Waals surface area (Å²) in [5.41, 5.74) is 7.96. The molecule has 3 rings (SSSR count). The van der Waals surface area contributed by atoms with Crippen LogP contribution in [0.2, 0.25) is 0 Å². The number of hydrogen-bond donors (Lipinski definition) is 2. The van der Waals surface area contributed by atoms with Gasteiger partial charge in [0.05, 0.1) is 5.60 Å². The second kappa shape index (κ2) is 4.94. The van der Waals surface area contributed by atoms with Crippen LogP contribution in [-0.2, 0) is 25.0 Å². The maximum atomic E-state index is 11.0. The Morgan fingerprint density at radius 2 is 2.30 bits per heavy atom. The molecule has 0 radical (unpaired) electrons. The molecule has 0 amide bonds. The summed E-state index contributed by atoms with van der Waals surface area (Å²) in [4.78, 5) is 4.41. The third kappa shape index (κ3) is 2.20. The molecule has 1 heterocycles. The van der Waals surface area contributed by atoms with Gasteiger partial charge in [0.1, 0.15) is 5.82 Å². The number of nitrogen functional groups attached to an aromatic ring is 1. The van der Waals surface area contributed by atoms with Crippen LogP contribution in [0.15, 0.2) is 30.6 Å². The van der Waals surface area contributed by atoms with Gasteiger partial charge in [-0.2, -0.15) is 0 Å². The number of aryl methyl sites for hydroxylation is 2. The molecule has 1 aliphatic rings. The first-order valence-electron chi connectivity index (χ1n) is 7.23. The van der Waals surface area contributed by atoms with Crippen molar-refractivity contribution in [2.75, 3.05) is 5.73 Å². The second-order valence-corrected chi connectivity index (χ2v) is 5.66. The standard InChI is InChI=1S/C16H21N3O/c1-2-8-19-9-7-18-15(19)11-16(20)6-5-12-10-13(17)3-4-14(12)16/h3-4,7,9-10,20H,2,5-6,8,11,17H2,1H3. The SMILES string of the molecule is CCCn1ccnc1CC1(O)CCc2cc(N)ccc21. The quantitative estimate of drug-likeness (QED) is 0.838. The Bertz CT molecular complexity index is 620. The minimum atomic E-state index is -0.806. The molecule has 1 unspecified atom stereocenters. The molecule has 2 aromatic rings. The Kier molecular flexibility index (Phi) is 3.26. The number of rotatable bonds is 4.